The predicted molar refractivity (Wildman–Crippen MR) is 121 cm³/mol. The Morgan fingerprint density at radius 2 is 1.81 bits per heavy atom. The van der Waals surface area contributed by atoms with E-state index in [1.54, 1.807) is 17.9 Å². The molecule has 0 atom stereocenters. The molecule has 0 unspecified atom stereocenters. The Morgan fingerprint density at radius 3 is 2.55 bits per heavy atom. The summed E-state index contributed by atoms with van der Waals surface area (Å²) in [5, 5.41) is 4.75. The minimum absolute atomic E-state index is 0.0231. The lowest BCUT2D eigenvalue weighted by molar-refractivity contribution is 0.0968. The molecule has 0 fully saturated rings. The van der Waals surface area contributed by atoms with Gasteiger partial charge in [0.1, 0.15) is 12.3 Å². The first-order valence-corrected chi connectivity index (χ1v) is 10.3. The highest BCUT2D eigenvalue weighted by molar-refractivity contribution is 5.98. The van der Waals surface area contributed by atoms with Gasteiger partial charge in [0, 0.05) is 28.9 Å². The molecule has 0 saturated carbocycles. The number of para-hydroxylation sites is 1. The fourth-order valence-corrected chi connectivity index (χ4v) is 3.97. The average Bonchev–Trinajstić information content (AvgIpc) is 3.08. The van der Waals surface area contributed by atoms with Gasteiger partial charge in [-0.3, -0.25) is 14.3 Å². The first kappa shape index (κ1) is 20.6. The second-order valence-electron chi connectivity index (χ2n) is 7.64. The van der Waals surface area contributed by atoms with Crippen molar-refractivity contribution in [2.75, 3.05) is 7.11 Å². The van der Waals surface area contributed by atoms with Crippen molar-refractivity contribution in [1.29, 1.82) is 0 Å². The highest BCUT2D eigenvalue weighted by Crippen LogP contribution is 2.19. The third-order valence-electron chi connectivity index (χ3n) is 5.71. The number of rotatable bonds is 7. The molecule has 4 rings (SSSR count). The predicted octanol–water partition coefficient (Wildman–Crippen LogP) is 3.95. The summed E-state index contributed by atoms with van der Waals surface area (Å²) < 4.78 is 8.99. The van der Waals surface area contributed by atoms with Gasteiger partial charge in [-0.15, -0.1) is 0 Å². The zero-order valence-corrected chi connectivity index (χ0v) is 18.0. The number of ketones is 1. The van der Waals surface area contributed by atoms with Crippen LogP contribution in [0.15, 0.2) is 65.6 Å². The quantitative estimate of drug-likeness (QED) is 0.429. The van der Waals surface area contributed by atoms with E-state index in [-0.39, 0.29) is 17.8 Å². The number of methoxy groups -OCH3 is 1. The Bertz CT molecular complexity index is 1300. The number of carbonyl (C=O) groups excluding carboxylic acids is 1. The molecule has 0 saturated heterocycles. The number of carbonyl (C=O) groups is 1. The number of nitrogens with zero attached hydrogens (tertiary/aromatic N) is 3. The van der Waals surface area contributed by atoms with Crippen molar-refractivity contribution in [2.45, 2.75) is 33.4 Å². The molecule has 0 spiro atoms. The largest absolute Gasteiger partial charge is 0.497 e. The van der Waals surface area contributed by atoms with E-state index in [9.17, 15) is 9.59 Å². The first-order valence-electron chi connectivity index (χ1n) is 10.3. The molecular formula is C25H25N3O3. The summed E-state index contributed by atoms with van der Waals surface area (Å²) in [6, 6.07) is 17.2. The number of aryl methyl sites for hydroxylation is 2. The number of aromatic nitrogens is 3. The zero-order chi connectivity index (χ0) is 22.0. The highest BCUT2D eigenvalue weighted by atomic mass is 16.5. The fourth-order valence-electron chi connectivity index (χ4n) is 3.97. The number of Topliss-reactive ketones (excluding diaryl/α,β-unsaturated/α-hetero) is 1. The molecule has 4 aromatic rings. The Hall–Kier alpha value is -3.67. The van der Waals surface area contributed by atoms with Crippen LogP contribution in [0.3, 0.4) is 0 Å². The first-order chi connectivity index (χ1) is 15.0. The Morgan fingerprint density at radius 1 is 1.06 bits per heavy atom. The second kappa shape index (κ2) is 8.60. The van der Waals surface area contributed by atoms with E-state index >= 15 is 0 Å². The van der Waals surface area contributed by atoms with Gasteiger partial charge >= 0.3 is 0 Å². The van der Waals surface area contributed by atoms with Crippen molar-refractivity contribution in [3.63, 3.8) is 0 Å². The van der Waals surface area contributed by atoms with Gasteiger partial charge in [-0.2, -0.15) is 5.10 Å². The maximum Gasteiger partial charge on any atom is 0.207 e. The van der Waals surface area contributed by atoms with Crippen LogP contribution in [0.1, 0.15) is 27.3 Å². The topological polar surface area (TPSA) is 66.1 Å². The third kappa shape index (κ3) is 4.14. The van der Waals surface area contributed by atoms with E-state index in [1.165, 1.54) is 11.8 Å². The number of benzene rings is 2. The molecule has 2 aromatic heterocycles. The molecular weight excluding hydrogens is 390 g/mol. The summed E-state index contributed by atoms with van der Waals surface area (Å²) in [5.74, 6) is 0.818. The second-order valence-corrected chi connectivity index (χ2v) is 7.64. The summed E-state index contributed by atoms with van der Waals surface area (Å²) >= 11 is 0. The molecule has 0 radical (unpaired) electrons. The maximum atomic E-state index is 13.1. The molecule has 2 heterocycles. The van der Waals surface area contributed by atoms with Crippen molar-refractivity contribution >= 4 is 16.7 Å². The minimum atomic E-state index is -0.143. The molecule has 158 valence electrons. The fraction of sp³-hybridized carbons (Fsp3) is 0.240. The van der Waals surface area contributed by atoms with Gasteiger partial charge < -0.3 is 9.30 Å². The van der Waals surface area contributed by atoms with E-state index in [2.05, 4.69) is 21.8 Å². The highest BCUT2D eigenvalue weighted by Gasteiger charge is 2.17. The standard InChI is InChI=1S/C25H25N3O3/c1-17-14-22(18(2)27(17)13-12-19-8-10-20(31-3)11-9-19)25(30)16-28-23-7-5-4-6-21(23)24(29)15-26-28/h4-11,14-15H,12-13,16H2,1-3H3. The van der Waals surface area contributed by atoms with Gasteiger partial charge in [0.25, 0.3) is 0 Å². The summed E-state index contributed by atoms with van der Waals surface area (Å²) in [7, 11) is 1.66. The van der Waals surface area contributed by atoms with Crippen molar-refractivity contribution in [3.05, 3.63) is 93.5 Å². The van der Waals surface area contributed by atoms with E-state index in [0.29, 0.717) is 16.5 Å². The van der Waals surface area contributed by atoms with Gasteiger partial charge in [-0.05, 0) is 56.2 Å². The molecule has 0 bridgehead atoms. The maximum absolute atomic E-state index is 13.1. The van der Waals surface area contributed by atoms with Gasteiger partial charge in [0.15, 0.2) is 5.78 Å². The van der Waals surface area contributed by atoms with Crippen LogP contribution in [0, 0.1) is 13.8 Å². The number of ether oxygens (including phenoxy) is 1. The van der Waals surface area contributed by atoms with Crippen LogP contribution in [0.2, 0.25) is 0 Å². The Labute approximate surface area is 180 Å². The molecule has 0 aliphatic rings. The zero-order valence-electron chi connectivity index (χ0n) is 18.0. The lowest BCUT2D eigenvalue weighted by Crippen LogP contribution is -2.18. The normalized spacial score (nSPS) is 11.1. The number of fused-ring (bicyclic) bond motifs is 1. The van der Waals surface area contributed by atoms with Crippen LogP contribution in [-0.4, -0.2) is 27.2 Å². The molecule has 0 amide bonds. The molecule has 0 aliphatic carbocycles. The molecule has 31 heavy (non-hydrogen) atoms. The molecule has 2 aromatic carbocycles. The SMILES string of the molecule is COc1ccc(CCn2c(C)cc(C(=O)Cn3ncc(=O)c4ccccc43)c2C)cc1. The van der Waals surface area contributed by atoms with E-state index in [1.807, 2.05) is 50.2 Å². The minimum Gasteiger partial charge on any atom is -0.497 e. The summed E-state index contributed by atoms with van der Waals surface area (Å²) in [4.78, 5) is 25.2. The van der Waals surface area contributed by atoms with Crippen LogP contribution >= 0.6 is 0 Å². The average molecular weight is 415 g/mol. The molecule has 6 nitrogen and oxygen atoms in total. The smallest absolute Gasteiger partial charge is 0.207 e. The van der Waals surface area contributed by atoms with E-state index < -0.39 is 0 Å². The van der Waals surface area contributed by atoms with Gasteiger partial charge in [-0.25, -0.2) is 0 Å². The number of hydrogen-bond donors (Lipinski definition) is 0. The number of hydrogen-bond acceptors (Lipinski definition) is 4. The van der Waals surface area contributed by atoms with Crippen molar-refractivity contribution in [3.8, 4) is 5.75 Å². The molecule has 0 N–H and O–H groups in total. The van der Waals surface area contributed by atoms with E-state index in [4.69, 9.17) is 4.74 Å². The lowest BCUT2D eigenvalue weighted by Gasteiger charge is -2.11. The Balaban J connectivity index is 1.54. The van der Waals surface area contributed by atoms with Crippen molar-refractivity contribution in [1.82, 2.24) is 14.3 Å². The molecule has 0 aliphatic heterocycles. The summed E-state index contributed by atoms with van der Waals surface area (Å²) in [6.07, 6.45) is 2.13. The summed E-state index contributed by atoms with van der Waals surface area (Å²) in [6.45, 7) is 4.87. The van der Waals surface area contributed by atoms with Gasteiger partial charge in [0.2, 0.25) is 5.43 Å². The van der Waals surface area contributed by atoms with Crippen molar-refractivity contribution in [2.24, 2.45) is 0 Å². The van der Waals surface area contributed by atoms with Gasteiger partial charge in [0.05, 0.1) is 18.8 Å². The van der Waals surface area contributed by atoms with Crippen molar-refractivity contribution < 1.29 is 9.53 Å². The van der Waals surface area contributed by atoms with Crippen LogP contribution in [0.25, 0.3) is 10.9 Å². The van der Waals surface area contributed by atoms with E-state index in [0.717, 1.165) is 30.1 Å². The van der Waals surface area contributed by atoms with Crippen LogP contribution < -0.4 is 10.2 Å². The molecule has 6 heteroatoms. The van der Waals surface area contributed by atoms with Crippen LogP contribution in [0.5, 0.6) is 5.75 Å². The van der Waals surface area contributed by atoms with Crippen LogP contribution in [0.4, 0.5) is 0 Å². The van der Waals surface area contributed by atoms with Gasteiger partial charge in [-0.1, -0.05) is 24.3 Å². The van der Waals surface area contributed by atoms with Crippen LogP contribution in [-0.2, 0) is 19.5 Å². The summed E-state index contributed by atoms with van der Waals surface area (Å²) in [5.41, 5.74) is 4.42. The third-order valence-corrected chi connectivity index (χ3v) is 5.71. The Kier molecular flexibility index (Phi) is 5.71. The lowest BCUT2D eigenvalue weighted by atomic mass is 10.1. The monoisotopic (exact) mass is 415 g/mol.